The van der Waals surface area contributed by atoms with E-state index < -0.39 is 0 Å². The molecule has 0 radical (unpaired) electrons. The number of aromatic nitrogens is 4. The smallest absolute Gasteiger partial charge is 0.226 e. The number of aromatic amines is 1. The molecule has 3 N–H and O–H groups in total. The molecule has 0 spiro atoms. The molecule has 1 aliphatic carbocycles. The first-order chi connectivity index (χ1) is 10.4. The largest absolute Gasteiger partial charge is 0.376 e. The Morgan fingerprint density at radius 3 is 2.95 bits per heavy atom. The minimum atomic E-state index is 0.448. The van der Waals surface area contributed by atoms with Gasteiger partial charge in [-0.3, -0.25) is 5.10 Å². The summed E-state index contributed by atoms with van der Waals surface area (Å²) in [4.78, 5) is 8.85. The SMILES string of the molecule is CCNc1nc(NCCOC2CCCC2)c2cn[nH]c2n1. The molecule has 2 aromatic rings. The lowest BCUT2D eigenvalue weighted by Gasteiger charge is -2.12. The lowest BCUT2D eigenvalue weighted by molar-refractivity contribution is 0.0659. The summed E-state index contributed by atoms with van der Waals surface area (Å²) in [7, 11) is 0. The van der Waals surface area contributed by atoms with E-state index in [4.69, 9.17) is 4.74 Å². The van der Waals surface area contributed by atoms with Gasteiger partial charge in [-0.1, -0.05) is 12.8 Å². The van der Waals surface area contributed by atoms with Crippen molar-refractivity contribution in [1.82, 2.24) is 20.2 Å². The summed E-state index contributed by atoms with van der Waals surface area (Å²) in [5.41, 5.74) is 0.736. The number of nitrogens with zero attached hydrogens (tertiary/aromatic N) is 3. The first-order valence-corrected chi connectivity index (χ1v) is 7.67. The van der Waals surface area contributed by atoms with Gasteiger partial charge in [0.25, 0.3) is 0 Å². The minimum Gasteiger partial charge on any atom is -0.376 e. The van der Waals surface area contributed by atoms with Gasteiger partial charge in [-0.2, -0.15) is 15.1 Å². The Kier molecular flexibility index (Phi) is 4.49. The predicted octanol–water partition coefficient (Wildman–Crippen LogP) is 2.16. The molecule has 21 heavy (non-hydrogen) atoms. The van der Waals surface area contributed by atoms with Gasteiger partial charge in [-0.05, 0) is 19.8 Å². The van der Waals surface area contributed by atoms with Crippen molar-refractivity contribution in [2.75, 3.05) is 30.3 Å². The van der Waals surface area contributed by atoms with Gasteiger partial charge in [0.05, 0.1) is 24.3 Å². The fourth-order valence-corrected chi connectivity index (χ4v) is 2.66. The van der Waals surface area contributed by atoms with Crippen LogP contribution < -0.4 is 10.6 Å². The molecule has 0 aromatic carbocycles. The Balaban J connectivity index is 1.60. The lowest BCUT2D eigenvalue weighted by atomic mass is 10.3. The quantitative estimate of drug-likeness (QED) is 0.677. The van der Waals surface area contributed by atoms with Gasteiger partial charge in [0.15, 0.2) is 5.65 Å². The number of nitrogens with one attached hydrogen (secondary N) is 3. The normalized spacial score (nSPS) is 15.7. The molecule has 7 nitrogen and oxygen atoms in total. The molecule has 114 valence electrons. The number of rotatable bonds is 7. The number of hydrogen-bond donors (Lipinski definition) is 3. The van der Waals surface area contributed by atoms with Gasteiger partial charge in [0, 0.05) is 13.1 Å². The second-order valence-electron chi connectivity index (χ2n) is 5.26. The van der Waals surface area contributed by atoms with E-state index in [1.807, 2.05) is 6.92 Å². The monoisotopic (exact) mass is 290 g/mol. The average Bonchev–Trinajstić information content (AvgIpc) is 3.14. The predicted molar refractivity (Wildman–Crippen MR) is 82.5 cm³/mol. The number of hydrogen-bond acceptors (Lipinski definition) is 6. The second-order valence-corrected chi connectivity index (χ2v) is 5.26. The highest BCUT2D eigenvalue weighted by atomic mass is 16.5. The third-order valence-corrected chi connectivity index (χ3v) is 3.69. The standard InChI is InChI=1S/C14H22N6O/c1-2-15-14-18-12(11-9-17-20-13(11)19-14)16-7-8-21-10-5-3-4-6-10/h9-10H,2-8H2,1H3,(H3,15,16,17,18,19,20). The van der Waals surface area contributed by atoms with Crippen LogP contribution in [0, 0.1) is 0 Å². The average molecular weight is 290 g/mol. The summed E-state index contributed by atoms with van der Waals surface area (Å²) < 4.78 is 5.85. The van der Waals surface area contributed by atoms with Crippen molar-refractivity contribution in [1.29, 1.82) is 0 Å². The summed E-state index contributed by atoms with van der Waals surface area (Å²) in [6.07, 6.45) is 7.18. The molecule has 0 amide bonds. The van der Waals surface area contributed by atoms with Crippen LogP contribution in [-0.4, -0.2) is 46.0 Å². The van der Waals surface area contributed by atoms with E-state index in [9.17, 15) is 0 Å². The minimum absolute atomic E-state index is 0.448. The van der Waals surface area contributed by atoms with E-state index in [0.717, 1.165) is 29.9 Å². The van der Waals surface area contributed by atoms with Crippen molar-refractivity contribution in [3.8, 4) is 0 Å². The van der Waals surface area contributed by atoms with Crippen molar-refractivity contribution >= 4 is 22.8 Å². The Bertz CT molecular complexity index is 578. The van der Waals surface area contributed by atoms with Crippen LogP contribution in [0.5, 0.6) is 0 Å². The first kappa shape index (κ1) is 14.1. The van der Waals surface area contributed by atoms with Gasteiger partial charge in [0.1, 0.15) is 5.82 Å². The van der Waals surface area contributed by atoms with Crippen molar-refractivity contribution in [2.24, 2.45) is 0 Å². The Morgan fingerprint density at radius 2 is 2.14 bits per heavy atom. The van der Waals surface area contributed by atoms with Crippen molar-refractivity contribution in [3.63, 3.8) is 0 Å². The second kappa shape index (κ2) is 6.71. The van der Waals surface area contributed by atoms with Crippen LogP contribution in [0.2, 0.25) is 0 Å². The summed E-state index contributed by atoms with van der Waals surface area (Å²) >= 11 is 0. The molecule has 0 atom stereocenters. The van der Waals surface area contributed by atoms with Crippen LogP contribution in [0.25, 0.3) is 11.0 Å². The molecular weight excluding hydrogens is 268 g/mol. The zero-order valence-corrected chi connectivity index (χ0v) is 12.4. The molecule has 0 saturated heterocycles. The van der Waals surface area contributed by atoms with Crippen LogP contribution in [0.3, 0.4) is 0 Å². The molecule has 7 heteroatoms. The van der Waals surface area contributed by atoms with Crippen molar-refractivity contribution in [3.05, 3.63) is 6.20 Å². The molecule has 3 rings (SSSR count). The molecule has 1 saturated carbocycles. The summed E-state index contributed by atoms with van der Waals surface area (Å²) in [6.45, 7) is 4.23. The maximum Gasteiger partial charge on any atom is 0.226 e. The molecule has 0 aliphatic heterocycles. The molecule has 1 fully saturated rings. The highest BCUT2D eigenvalue weighted by Gasteiger charge is 2.15. The van der Waals surface area contributed by atoms with E-state index in [2.05, 4.69) is 30.8 Å². The topological polar surface area (TPSA) is 87.8 Å². The zero-order valence-electron chi connectivity index (χ0n) is 12.4. The van der Waals surface area contributed by atoms with E-state index in [1.54, 1.807) is 6.20 Å². The highest BCUT2D eigenvalue weighted by molar-refractivity contribution is 5.86. The molecule has 2 aromatic heterocycles. The Hall–Kier alpha value is -1.89. The van der Waals surface area contributed by atoms with Crippen LogP contribution in [0.15, 0.2) is 6.20 Å². The van der Waals surface area contributed by atoms with Crippen molar-refractivity contribution in [2.45, 2.75) is 38.7 Å². The molecule has 0 unspecified atom stereocenters. The van der Waals surface area contributed by atoms with Crippen LogP contribution >= 0.6 is 0 Å². The Labute approximate surface area is 123 Å². The van der Waals surface area contributed by atoms with E-state index in [0.29, 0.717) is 18.7 Å². The first-order valence-electron chi connectivity index (χ1n) is 7.67. The summed E-state index contributed by atoms with van der Waals surface area (Å²) in [5.74, 6) is 1.40. The van der Waals surface area contributed by atoms with Gasteiger partial charge in [-0.25, -0.2) is 0 Å². The summed E-state index contributed by atoms with van der Waals surface area (Å²) in [6, 6.07) is 0. The van der Waals surface area contributed by atoms with E-state index >= 15 is 0 Å². The van der Waals surface area contributed by atoms with E-state index in [1.165, 1.54) is 25.7 Å². The van der Waals surface area contributed by atoms with Gasteiger partial charge < -0.3 is 15.4 Å². The molecular formula is C14H22N6O. The fraction of sp³-hybridized carbons (Fsp3) is 0.643. The number of ether oxygens (including phenoxy) is 1. The fourth-order valence-electron chi connectivity index (χ4n) is 2.66. The van der Waals surface area contributed by atoms with E-state index in [-0.39, 0.29) is 0 Å². The van der Waals surface area contributed by atoms with Crippen LogP contribution in [0.1, 0.15) is 32.6 Å². The lowest BCUT2D eigenvalue weighted by Crippen LogP contribution is -2.16. The van der Waals surface area contributed by atoms with Gasteiger partial charge in [0.2, 0.25) is 5.95 Å². The molecule has 0 bridgehead atoms. The maximum absolute atomic E-state index is 5.85. The van der Waals surface area contributed by atoms with Gasteiger partial charge >= 0.3 is 0 Å². The maximum atomic E-state index is 5.85. The summed E-state index contributed by atoms with van der Waals surface area (Å²) in [5, 5.41) is 14.3. The number of anilines is 2. The number of fused-ring (bicyclic) bond motifs is 1. The van der Waals surface area contributed by atoms with Gasteiger partial charge in [-0.15, -0.1) is 0 Å². The van der Waals surface area contributed by atoms with Crippen molar-refractivity contribution < 1.29 is 4.74 Å². The molecule has 2 heterocycles. The third-order valence-electron chi connectivity index (χ3n) is 3.69. The zero-order chi connectivity index (χ0) is 14.5. The third kappa shape index (κ3) is 3.41. The Morgan fingerprint density at radius 1 is 1.29 bits per heavy atom. The molecule has 1 aliphatic rings. The number of H-pyrrole nitrogens is 1. The van der Waals surface area contributed by atoms with Crippen LogP contribution in [0.4, 0.5) is 11.8 Å². The highest BCUT2D eigenvalue weighted by Crippen LogP contribution is 2.21. The van der Waals surface area contributed by atoms with Crippen LogP contribution in [-0.2, 0) is 4.74 Å².